The second-order valence-corrected chi connectivity index (χ2v) is 7.17. The fraction of sp³-hybridized carbons (Fsp3) is 0.400. The minimum atomic E-state index is 0.663. The second kappa shape index (κ2) is 6.48. The lowest BCUT2D eigenvalue weighted by Crippen LogP contribution is -2.42. The van der Waals surface area contributed by atoms with E-state index in [4.69, 9.17) is 0 Å². The number of benzene rings is 1. The molecular weight excluding hydrogens is 310 g/mol. The van der Waals surface area contributed by atoms with Gasteiger partial charge in [-0.3, -0.25) is 0 Å². The average Bonchev–Trinajstić information content (AvgIpc) is 3.06. The Kier molecular flexibility index (Phi) is 4.17. The topological polar surface area (TPSA) is 48.1 Å². The molecule has 1 N–H and O–H groups in total. The number of piperidine rings is 1. The van der Waals surface area contributed by atoms with Crippen LogP contribution in [0.3, 0.4) is 0 Å². The quantitative estimate of drug-likeness (QED) is 0.796. The van der Waals surface area contributed by atoms with E-state index in [9.17, 15) is 0 Å². The van der Waals surface area contributed by atoms with Gasteiger partial charge in [0.15, 0.2) is 0 Å². The van der Waals surface area contributed by atoms with E-state index in [0.29, 0.717) is 6.04 Å². The van der Waals surface area contributed by atoms with Crippen LogP contribution >= 0.6 is 0 Å². The largest absolute Gasteiger partial charge is 0.356 e. The zero-order valence-corrected chi connectivity index (χ0v) is 15.2. The van der Waals surface area contributed by atoms with Crippen molar-refractivity contribution in [3.05, 3.63) is 42.4 Å². The fourth-order valence-electron chi connectivity index (χ4n) is 3.82. The molecule has 1 fully saturated rings. The second-order valence-electron chi connectivity index (χ2n) is 7.17. The first-order valence-electron chi connectivity index (χ1n) is 8.94. The lowest BCUT2D eigenvalue weighted by atomic mass is 10.0. The molecule has 0 spiro atoms. The van der Waals surface area contributed by atoms with Crippen molar-refractivity contribution in [2.45, 2.75) is 25.8 Å². The predicted octanol–water partition coefficient (Wildman–Crippen LogP) is 3.46. The van der Waals surface area contributed by atoms with Gasteiger partial charge in [0.25, 0.3) is 0 Å². The Hall–Kier alpha value is -2.40. The SMILES string of the molecule is Cc1cccc(-c2c[nH]c3ncnc(N4CCC(N(C)C)CC4)c23)c1. The van der Waals surface area contributed by atoms with Crippen molar-refractivity contribution >= 4 is 16.9 Å². The van der Waals surface area contributed by atoms with Gasteiger partial charge in [0.05, 0.1) is 5.39 Å². The van der Waals surface area contributed by atoms with Crippen molar-refractivity contribution in [3.63, 3.8) is 0 Å². The Labute approximate surface area is 148 Å². The van der Waals surface area contributed by atoms with Crippen LogP contribution in [0.25, 0.3) is 22.2 Å². The summed E-state index contributed by atoms with van der Waals surface area (Å²) in [5.41, 5.74) is 4.57. The minimum absolute atomic E-state index is 0.663. The van der Waals surface area contributed by atoms with Crippen LogP contribution < -0.4 is 4.90 Å². The van der Waals surface area contributed by atoms with Crippen LogP contribution in [0.4, 0.5) is 5.82 Å². The molecule has 3 heterocycles. The summed E-state index contributed by atoms with van der Waals surface area (Å²) in [6.07, 6.45) is 6.07. The number of nitrogens with zero attached hydrogens (tertiary/aromatic N) is 4. The maximum Gasteiger partial charge on any atom is 0.143 e. The van der Waals surface area contributed by atoms with Gasteiger partial charge in [-0.1, -0.05) is 29.8 Å². The maximum atomic E-state index is 4.66. The summed E-state index contributed by atoms with van der Waals surface area (Å²) in [5, 5.41) is 1.14. The van der Waals surface area contributed by atoms with Crippen molar-refractivity contribution in [3.8, 4) is 11.1 Å². The number of hydrogen-bond donors (Lipinski definition) is 1. The Morgan fingerprint density at radius 2 is 1.96 bits per heavy atom. The number of aryl methyl sites for hydroxylation is 1. The molecule has 25 heavy (non-hydrogen) atoms. The van der Waals surface area contributed by atoms with Gasteiger partial charge in [-0.05, 0) is 39.4 Å². The molecule has 0 radical (unpaired) electrons. The van der Waals surface area contributed by atoms with Crippen molar-refractivity contribution < 1.29 is 0 Å². The summed E-state index contributed by atoms with van der Waals surface area (Å²) in [5.74, 6) is 1.06. The maximum absolute atomic E-state index is 4.66. The highest BCUT2D eigenvalue weighted by Gasteiger charge is 2.24. The number of aromatic nitrogens is 3. The summed E-state index contributed by atoms with van der Waals surface area (Å²) in [6.45, 7) is 4.20. The molecule has 4 rings (SSSR count). The molecule has 130 valence electrons. The van der Waals surface area contributed by atoms with Crippen molar-refractivity contribution in [2.24, 2.45) is 0 Å². The first-order valence-corrected chi connectivity index (χ1v) is 8.94. The molecule has 3 aromatic rings. The number of fused-ring (bicyclic) bond motifs is 1. The molecule has 1 aromatic carbocycles. The predicted molar refractivity (Wildman–Crippen MR) is 103 cm³/mol. The van der Waals surface area contributed by atoms with E-state index in [0.717, 1.165) is 29.9 Å². The fourth-order valence-corrected chi connectivity index (χ4v) is 3.82. The van der Waals surface area contributed by atoms with E-state index in [1.165, 1.54) is 29.5 Å². The Morgan fingerprint density at radius 1 is 1.16 bits per heavy atom. The number of nitrogens with one attached hydrogen (secondary N) is 1. The number of aromatic amines is 1. The van der Waals surface area contributed by atoms with Crippen LogP contribution in [-0.2, 0) is 0 Å². The zero-order chi connectivity index (χ0) is 17.4. The van der Waals surface area contributed by atoms with Crippen LogP contribution in [0.15, 0.2) is 36.8 Å². The van der Waals surface area contributed by atoms with Gasteiger partial charge in [-0.2, -0.15) is 0 Å². The van der Waals surface area contributed by atoms with Crippen molar-refractivity contribution in [2.75, 3.05) is 32.1 Å². The molecule has 1 saturated heterocycles. The number of hydrogen-bond acceptors (Lipinski definition) is 4. The summed E-state index contributed by atoms with van der Waals surface area (Å²) < 4.78 is 0. The Morgan fingerprint density at radius 3 is 2.68 bits per heavy atom. The highest BCUT2D eigenvalue weighted by Crippen LogP contribution is 2.35. The minimum Gasteiger partial charge on any atom is -0.356 e. The van der Waals surface area contributed by atoms with Crippen molar-refractivity contribution in [1.29, 1.82) is 0 Å². The van der Waals surface area contributed by atoms with Crippen LogP contribution in [0.2, 0.25) is 0 Å². The smallest absolute Gasteiger partial charge is 0.143 e. The van der Waals surface area contributed by atoms with E-state index in [-0.39, 0.29) is 0 Å². The average molecular weight is 335 g/mol. The standard InChI is InChI=1S/C20H25N5/c1-14-5-4-6-15(11-14)17-12-21-19-18(17)20(23-13-22-19)25-9-7-16(8-10-25)24(2)3/h4-6,11-13,16H,7-10H2,1-3H3,(H,21,22,23). The number of H-pyrrole nitrogens is 1. The van der Waals surface area contributed by atoms with E-state index in [2.05, 4.69) is 76.2 Å². The van der Waals surface area contributed by atoms with E-state index < -0.39 is 0 Å². The van der Waals surface area contributed by atoms with Crippen LogP contribution in [0, 0.1) is 6.92 Å². The number of anilines is 1. The summed E-state index contributed by atoms with van der Waals surface area (Å²) in [7, 11) is 4.34. The van der Waals surface area contributed by atoms with Gasteiger partial charge in [0.1, 0.15) is 17.8 Å². The van der Waals surface area contributed by atoms with E-state index in [1.807, 2.05) is 0 Å². The van der Waals surface area contributed by atoms with E-state index in [1.54, 1.807) is 6.33 Å². The van der Waals surface area contributed by atoms with Gasteiger partial charge < -0.3 is 14.8 Å². The lowest BCUT2D eigenvalue weighted by molar-refractivity contribution is 0.249. The Balaban J connectivity index is 1.74. The lowest BCUT2D eigenvalue weighted by Gasteiger charge is -2.36. The third-order valence-electron chi connectivity index (χ3n) is 5.27. The molecular formula is C20H25N5. The van der Waals surface area contributed by atoms with Crippen LogP contribution in [0.1, 0.15) is 18.4 Å². The van der Waals surface area contributed by atoms with Gasteiger partial charge in [-0.25, -0.2) is 9.97 Å². The first-order chi connectivity index (χ1) is 12.1. The molecule has 5 nitrogen and oxygen atoms in total. The summed E-state index contributed by atoms with van der Waals surface area (Å²) >= 11 is 0. The Bertz CT molecular complexity index is 875. The molecule has 2 aromatic heterocycles. The van der Waals surface area contributed by atoms with Gasteiger partial charge in [-0.15, -0.1) is 0 Å². The van der Waals surface area contributed by atoms with Crippen LogP contribution in [0.5, 0.6) is 0 Å². The molecule has 1 aliphatic rings. The molecule has 0 amide bonds. The molecule has 0 bridgehead atoms. The monoisotopic (exact) mass is 335 g/mol. The summed E-state index contributed by atoms with van der Waals surface area (Å²) in [4.78, 5) is 17.2. The van der Waals surface area contributed by atoms with Gasteiger partial charge in [0.2, 0.25) is 0 Å². The molecule has 5 heteroatoms. The zero-order valence-electron chi connectivity index (χ0n) is 15.2. The normalized spacial score (nSPS) is 16.1. The highest BCUT2D eigenvalue weighted by molar-refractivity contribution is 6.01. The molecule has 0 saturated carbocycles. The molecule has 0 aliphatic carbocycles. The third-order valence-corrected chi connectivity index (χ3v) is 5.27. The van der Waals surface area contributed by atoms with E-state index >= 15 is 0 Å². The number of rotatable bonds is 3. The van der Waals surface area contributed by atoms with Crippen LogP contribution in [-0.4, -0.2) is 53.1 Å². The highest BCUT2D eigenvalue weighted by atomic mass is 15.2. The molecule has 0 atom stereocenters. The first kappa shape index (κ1) is 16.1. The third kappa shape index (κ3) is 3.00. The molecule has 0 unspecified atom stereocenters. The summed E-state index contributed by atoms with van der Waals surface area (Å²) in [6, 6.07) is 9.27. The molecule has 1 aliphatic heterocycles. The van der Waals surface area contributed by atoms with Gasteiger partial charge in [0, 0.05) is 30.9 Å². The van der Waals surface area contributed by atoms with Crippen molar-refractivity contribution in [1.82, 2.24) is 19.9 Å². The van der Waals surface area contributed by atoms with Gasteiger partial charge >= 0.3 is 0 Å².